The summed E-state index contributed by atoms with van der Waals surface area (Å²) >= 11 is 0. The van der Waals surface area contributed by atoms with Gasteiger partial charge in [-0.15, -0.1) is 0 Å². The van der Waals surface area contributed by atoms with Crippen molar-refractivity contribution in [3.05, 3.63) is 54.1 Å². The Kier molecular flexibility index (Phi) is 8.10. The molecule has 0 radical (unpaired) electrons. The second-order valence-electron chi connectivity index (χ2n) is 8.77. The van der Waals surface area contributed by atoms with E-state index >= 15 is 0 Å². The van der Waals surface area contributed by atoms with E-state index in [0.29, 0.717) is 0 Å². The van der Waals surface area contributed by atoms with E-state index in [1.807, 2.05) is 6.92 Å². The zero-order valence-electron chi connectivity index (χ0n) is 20.1. The van der Waals surface area contributed by atoms with Crippen molar-refractivity contribution in [1.82, 2.24) is 9.21 Å². The van der Waals surface area contributed by atoms with E-state index in [-0.39, 0.29) is 47.5 Å². The molecule has 1 aliphatic heterocycles. The van der Waals surface area contributed by atoms with Gasteiger partial charge in [-0.1, -0.05) is 31.2 Å². The monoisotopic (exact) mass is 525 g/mol. The van der Waals surface area contributed by atoms with Crippen molar-refractivity contribution >= 4 is 31.6 Å². The van der Waals surface area contributed by atoms with Gasteiger partial charge in [0.15, 0.2) is 5.75 Å². The number of carbonyl (C=O) groups excluding carboxylic acids is 1. The van der Waals surface area contributed by atoms with E-state index in [2.05, 4.69) is 4.72 Å². The van der Waals surface area contributed by atoms with E-state index in [0.717, 1.165) is 10.6 Å². The second kappa shape index (κ2) is 10.5. The van der Waals surface area contributed by atoms with Gasteiger partial charge in [0.25, 0.3) is 15.9 Å². The topological polar surface area (TPSA) is 133 Å². The number of para-hydroxylation sites is 1. The summed E-state index contributed by atoms with van der Waals surface area (Å²) in [5, 5.41) is 9.75. The number of aliphatic hydroxyl groups excluding tert-OH is 1. The van der Waals surface area contributed by atoms with Crippen molar-refractivity contribution in [1.29, 1.82) is 0 Å². The molecule has 3 rings (SSSR count). The molecule has 10 nitrogen and oxygen atoms in total. The van der Waals surface area contributed by atoms with E-state index in [4.69, 9.17) is 4.74 Å². The molecule has 3 atom stereocenters. The summed E-state index contributed by atoms with van der Waals surface area (Å²) in [4.78, 5) is 15.0. The van der Waals surface area contributed by atoms with Gasteiger partial charge in [0.2, 0.25) is 10.0 Å². The fraction of sp³-hybridized carbons (Fsp3) is 0.435. The molecule has 2 aromatic rings. The minimum atomic E-state index is -4.00. The number of likely N-dealkylation sites (N-methyl/N-ethyl adjacent to an activating group) is 1. The van der Waals surface area contributed by atoms with Gasteiger partial charge in [0.05, 0.1) is 41.6 Å². The van der Waals surface area contributed by atoms with Crippen molar-refractivity contribution < 1.29 is 31.5 Å². The van der Waals surface area contributed by atoms with Gasteiger partial charge in [-0.2, -0.15) is 0 Å². The highest BCUT2D eigenvalue weighted by atomic mass is 32.2. The van der Waals surface area contributed by atoms with Gasteiger partial charge < -0.3 is 14.7 Å². The summed E-state index contributed by atoms with van der Waals surface area (Å²) in [6.07, 6.45) is 0.370. The zero-order valence-corrected chi connectivity index (χ0v) is 21.7. The normalized spacial score (nSPS) is 19.9. The van der Waals surface area contributed by atoms with Crippen LogP contribution < -0.4 is 9.46 Å². The number of amides is 1. The number of carbonyl (C=O) groups is 1. The summed E-state index contributed by atoms with van der Waals surface area (Å²) in [6.45, 7) is 3.43. The lowest BCUT2D eigenvalue weighted by Gasteiger charge is -2.38. The van der Waals surface area contributed by atoms with Crippen molar-refractivity contribution in [3.8, 4) is 5.75 Å². The first-order valence-corrected chi connectivity index (χ1v) is 14.4. The zero-order chi connectivity index (χ0) is 26.0. The molecule has 12 heteroatoms. The van der Waals surface area contributed by atoms with Gasteiger partial charge in [0, 0.05) is 19.5 Å². The molecule has 2 aromatic carbocycles. The Morgan fingerprint density at radius 3 is 2.40 bits per heavy atom. The average molecular weight is 526 g/mol. The Bertz CT molecular complexity index is 1270. The number of hydrogen-bond donors (Lipinski definition) is 2. The molecule has 0 saturated carbocycles. The molecule has 0 spiro atoms. The van der Waals surface area contributed by atoms with Crippen LogP contribution in [0.2, 0.25) is 0 Å². The first-order chi connectivity index (χ1) is 16.3. The van der Waals surface area contributed by atoms with Crippen LogP contribution in [-0.2, 0) is 20.0 Å². The van der Waals surface area contributed by atoms with Crippen LogP contribution >= 0.6 is 0 Å². The third kappa shape index (κ3) is 6.13. The molecular weight excluding hydrogens is 494 g/mol. The second-order valence-corrected chi connectivity index (χ2v) is 12.5. The predicted molar refractivity (Wildman–Crippen MR) is 132 cm³/mol. The molecule has 1 heterocycles. The lowest BCUT2D eigenvalue weighted by molar-refractivity contribution is 0.0389. The lowest BCUT2D eigenvalue weighted by Crippen LogP contribution is -2.50. The number of sulfonamides is 2. The maximum atomic E-state index is 13.5. The largest absolute Gasteiger partial charge is 0.486 e. The van der Waals surface area contributed by atoms with E-state index in [1.165, 1.54) is 42.3 Å². The number of ether oxygens (including phenoxy) is 1. The quantitative estimate of drug-likeness (QED) is 0.535. The Balaban J connectivity index is 2.11. The standard InChI is InChI=1S/C23H31N3O7S2/c1-16-13-26(17(2)15-27)23(28)19-11-8-12-20(24-35(31,32)18-9-6-5-7-10-18)22(19)33-21(16)14-25(3)34(4,29)30/h5-12,16-17,21,24,27H,13-15H2,1-4H3/t16-,17+,21-/m0/s1. The summed E-state index contributed by atoms with van der Waals surface area (Å²) in [5.41, 5.74) is 0.162. The average Bonchev–Trinajstić information content (AvgIpc) is 2.81. The number of nitrogens with zero attached hydrogens (tertiary/aromatic N) is 2. The predicted octanol–water partition coefficient (Wildman–Crippen LogP) is 1.60. The Morgan fingerprint density at radius 1 is 1.14 bits per heavy atom. The molecule has 192 valence electrons. The van der Waals surface area contributed by atoms with Crippen LogP contribution in [0.15, 0.2) is 53.4 Å². The third-order valence-electron chi connectivity index (χ3n) is 5.99. The van der Waals surface area contributed by atoms with Crippen LogP contribution in [0.3, 0.4) is 0 Å². The van der Waals surface area contributed by atoms with Gasteiger partial charge in [-0.25, -0.2) is 21.1 Å². The molecule has 1 amide bonds. The molecule has 0 aromatic heterocycles. The van der Waals surface area contributed by atoms with Crippen LogP contribution in [0, 0.1) is 5.92 Å². The van der Waals surface area contributed by atoms with E-state index in [1.54, 1.807) is 25.1 Å². The van der Waals surface area contributed by atoms with Crippen LogP contribution in [0.25, 0.3) is 0 Å². The van der Waals surface area contributed by atoms with E-state index in [9.17, 15) is 26.7 Å². The minimum absolute atomic E-state index is 0.00518. The maximum absolute atomic E-state index is 13.5. The fourth-order valence-electron chi connectivity index (χ4n) is 3.73. The number of nitrogens with one attached hydrogen (secondary N) is 1. The number of benzene rings is 2. The lowest BCUT2D eigenvalue weighted by atomic mass is 9.99. The number of fused-ring (bicyclic) bond motifs is 1. The van der Waals surface area contributed by atoms with Gasteiger partial charge in [0.1, 0.15) is 6.10 Å². The van der Waals surface area contributed by atoms with Crippen LogP contribution in [-0.4, -0.2) is 82.2 Å². The summed E-state index contributed by atoms with van der Waals surface area (Å²) in [6, 6.07) is 11.8. The van der Waals surface area contributed by atoms with Crippen molar-refractivity contribution in [2.75, 3.05) is 37.7 Å². The van der Waals surface area contributed by atoms with Crippen LogP contribution in [0.5, 0.6) is 5.75 Å². The number of anilines is 1. The SMILES string of the molecule is C[C@H](CO)N1C[C@H](C)[C@H](CN(C)S(C)(=O)=O)Oc2c(NS(=O)(=O)c3ccccc3)cccc2C1=O. The molecule has 2 N–H and O–H groups in total. The first kappa shape index (κ1) is 26.9. The summed E-state index contributed by atoms with van der Waals surface area (Å²) in [5.74, 6) is -0.765. The first-order valence-electron chi connectivity index (χ1n) is 11.1. The van der Waals surface area contributed by atoms with E-state index < -0.39 is 38.1 Å². The van der Waals surface area contributed by atoms with Crippen molar-refractivity contribution in [2.45, 2.75) is 30.9 Å². The van der Waals surface area contributed by atoms with Crippen molar-refractivity contribution in [2.24, 2.45) is 5.92 Å². The molecule has 1 aliphatic rings. The molecular formula is C23H31N3O7S2. The molecule has 35 heavy (non-hydrogen) atoms. The van der Waals surface area contributed by atoms with Gasteiger partial charge in [-0.3, -0.25) is 9.52 Å². The Morgan fingerprint density at radius 2 is 1.80 bits per heavy atom. The highest BCUT2D eigenvalue weighted by Gasteiger charge is 2.35. The maximum Gasteiger partial charge on any atom is 0.262 e. The molecule has 0 saturated heterocycles. The summed E-state index contributed by atoms with van der Waals surface area (Å²) < 4.78 is 60.0. The number of hydrogen-bond acceptors (Lipinski definition) is 7. The molecule has 0 unspecified atom stereocenters. The number of aliphatic hydroxyl groups is 1. The molecule has 0 aliphatic carbocycles. The smallest absolute Gasteiger partial charge is 0.262 e. The van der Waals surface area contributed by atoms with Crippen LogP contribution in [0.4, 0.5) is 5.69 Å². The minimum Gasteiger partial charge on any atom is -0.486 e. The van der Waals surface area contributed by atoms with Gasteiger partial charge in [-0.05, 0) is 31.2 Å². The Labute approximate surface area is 206 Å². The van der Waals surface area contributed by atoms with Gasteiger partial charge >= 0.3 is 0 Å². The van der Waals surface area contributed by atoms with Crippen LogP contribution in [0.1, 0.15) is 24.2 Å². The van der Waals surface area contributed by atoms with Crippen molar-refractivity contribution in [3.63, 3.8) is 0 Å². The Hall–Kier alpha value is -2.67. The molecule has 0 fully saturated rings. The highest BCUT2D eigenvalue weighted by Crippen LogP contribution is 2.36. The summed E-state index contributed by atoms with van der Waals surface area (Å²) in [7, 11) is -6.10. The third-order valence-corrected chi connectivity index (χ3v) is 8.65. The highest BCUT2D eigenvalue weighted by molar-refractivity contribution is 7.92. The number of rotatable bonds is 8. The molecule has 0 bridgehead atoms. The fourth-order valence-corrected chi connectivity index (χ4v) is 5.24.